The number of hydrogen-bond donors (Lipinski definition) is 27. The number of carboxylic acid groups (broad SMARTS) is 1. The average Bonchev–Trinajstić information content (AvgIpc) is 0.876. The van der Waals surface area contributed by atoms with Gasteiger partial charge in [0.15, 0.2) is 0 Å². The van der Waals surface area contributed by atoms with Crippen LogP contribution in [0.2, 0.25) is 0 Å². The van der Waals surface area contributed by atoms with Gasteiger partial charge in [-0.2, -0.15) is 25.3 Å². The number of thiol groups is 2. The monoisotopic (exact) mass is 1610 g/mol. The van der Waals surface area contributed by atoms with E-state index in [0.717, 1.165) is 0 Å². The van der Waals surface area contributed by atoms with Crippen molar-refractivity contribution in [3.63, 3.8) is 0 Å². The fraction of sp³-hybridized carbons (Fsp3) is 0.567. The molecule has 42 nitrogen and oxygen atoms in total. The zero-order valence-electron chi connectivity index (χ0n) is 61.4. The van der Waals surface area contributed by atoms with E-state index in [9.17, 15) is 107 Å². The molecule has 0 aliphatic carbocycles. The third-order valence-electron chi connectivity index (χ3n) is 16.4. The molecule has 0 spiro atoms. The van der Waals surface area contributed by atoms with Crippen molar-refractivity contribution in [1.29, 1.82) is 0 Å². The second-order valence-corrected chi connectivity index (χ2v) is 26.5. The molecule has 0 fully saturated rings. The molecule has 618 valence electrons. The number of aliphatic hydroxyl groups is 2. The minimum Gasteiger partial charge on any atom is -0.508 e. The highest BCUT2D eigenvalue weighted by Crippen LogP contribution is 2.16. The maximum Gasteiger partial charge on any atom is 0.328 e. The van der Waals surface area contributed by atoms with Gasteiger partial charge >= 0.3 is 5.97 Å². The molecule has 0 aromatic heterocycles. The number of phenolic OH excluding ortho intramolecular Hbond substituents is 2. The lowest BCUT2D eigenvalue weighted by Crippen LogP contribution is -2.61. The molecule has 0 aliphatic heterocycles. The summed E-state index contributed by atoms with van der Waals surface area (Å²) in [6.07, 6.45) is 0.116. The van der Waals surface area contributed by atoms with Crippen LogP contribution in [0.4, 0.5) is 0 Å². The Bertz CT molecular complexity index is 3480. The number of hydrogen-bond acceptors (Lipinski definition) is 27. The van der Waals surface area contributed by atoms with Gasteiger partial charge in [-0.05, 0) is 112 Å². The van der Waals surface area contributed by atoms with E-state index in [4.69, 9.17) is 34.4 Å². The Morgan fingerprint density at radius 3 is 1.10 bits per heavy atom. The maximum absolute atomic E-state index is 14.1. The van der Waals surface area contributed by atoms with E-state index in [0.29, 0.717) is 43.4 Å². The maximum atomic E-state index is 14.1. The molecule has 44 heteroatoms. The number of unbranched alkanes of at least 4 members (excludes halogenated alkanes) is 3. The van der Waals surface area contributed by atoms with Crippen LogP contribution in [-0.2, 0) is 94.3 Å². The number of aromatic hydroxyl groups is 2. The van der Waals surface area contributed by atoms with Crippen LogP contribution in [0.25, 0.3) is 0 Å². The second kappa shape index (κ2) is 51.8. The van der Waals surface area contributed by atoms with Crippen molar-refractivity contribution < 1.29 is 107 Å². The molecule has 0 bridgehead atoms. The van der Waals surface area contributed by atoms with Gasteiger partial charge in [0.25, 0.3) is 0 Å². The number of nitrogens with one attached hydrogen (secondary N) is 14. The highest BCUT2D eigenvalue weighted by Gasteiger charge is 2.37. The Morgan fingerprint density at radius 1 is 0.369 bits per heavy atom. The number of primary amides is 2. The summed E-state index contributed by atoms with van der Waals surface area (Å²) in [6, 6.07) is -7.40. The molecule has 16 amide bonds. The predicted molar refractivity (Wildman–Crippen MR) is 403 cm³/mol. The summed E-state index contributed by atoms with van der Waals surface area (Å²) in [7, 11) is 0. The number of amides is 16. The Labute approximate surface area is 649 Å². The van der Waals surface area contributed by atoms with E-state index in [1.807, 2.05) is 5.32 Å². The van der Waals surface area contributed by atoms with E-state index in [2.05, 4.69) is 94.4 Å². The molecule has 0 saturated carbocycles. The number of benzene rings is 2. The number of rotatable bonds is 54. The van der Waals surface area contributed by atoms with Crippen molar-refractivity contribution in [3.05, 3.63) is 59.7 Å². The average molecular weight is 1610 g/mol. The number of carbonyl (C=O) groups is 17. The lowest BCUT2D eigenvalue weighted by Gasteiger charge is -2.27. The zero-order chi connectivity index (χ0) is 83.4. The van der Waals surface area contributed by atoms with E-state index < -0.39 is 230 Å². The summed E-state index contributed by atoms with van der Waals surface area (Å²) in [5, 5.41) is 81.1. The van der Waals surface area contributed by atoms with Crippen molar-refractivity contribution in [2.45, 2.75) is 170 Å². The van der Waals surface area contributed by atoms with Crippen molar-refractivity contribution in [1.82, 2.24) is 74.4 Å². The first kappa shape index (κ1) is 96.6. The Morgan fingerprint density at radius 2 is 0.676 bits per heavy atom. The molecule has 111 heavy (non-hydrogen) atoms. The quantitative estimate of drug-likeness (QED) is 0.0216. The van der Waals surface area contributed by atoms with Crippen LogP contribution in [0, 0.1) is 5.92 Å². The van der Waals surface area contributed by atoms with Gasteiger partial charge in [-0.3, -0.25) is 76.7 Å². The lowest BCUT2D eigenvalue weighted by atomic mass is 10.0. The SMILES string of the molecule is CC(C)[C@H](NC(=O)CNC(=O)[C@H](CC(N)=O)NC(=O)CNC(=O)[C@H](Cc1ccc(O)cc1)NC(=O)[C@H](Cc1ccc(O)cc1)NC(=O)[C@@H](N)CCCCN)C(=O)N[C@@H](CO)C(=O)N[C@@H](CS)C(=O)N[C@@H](CC(N)=O)C(=O)N[C@@H](CCCCN)C(=O)N[C@@H](CCCCN)C(=O)NCC(=O)N[C@@H](CS)C(=O)N[C@@H](CO)C(=O)O. The zero-order valence-corrected chi connectivity index (χ0v) is 63.2. The molecule has 0 radical (unpaired) electrons. The first-order chi connectivity index (χ1) is 52.5. The van der Waals surface area contributed by atoms with Crippen LogP contribution in [0.5, 0.6) is 11.5 Å². The molecular weight excluding hydrogens is 1500 g/mol. The summed E-state index contributed by atoms with van der Waals surface area (Å²) in [6.45, 7) is -1.12. The molecule has 31 N–H and O–H groups in total. The summed E-state index contributed by atoms with van der Waals surface area (Å²) in [4.78, 5) is 226. The first-order valence-electron chi connectivity index (χ1n) is 35.3. The Hall–Kier alpha value is -10.5. The van der Waals surface area contributed by atoms with Crippen LogP contribution in [0.1, 0.15) is 95.6 Å². The summed E-state index contributed by atoms with van der Waals surface area (Å²) < 4.78 is 0. The predicted octanol–water partition coefficient (Wildman–Crippen LogP) is -10.4. The Balaban J connectivity index is 2.22. The minimum atomic E-state index is -1.87. The number of carboxylic acids is 1. The van der Waals surface area contributed by atoms with E-state index in [-0.39, 0.29) is 75.3 Å². The van der Waals surface area contributed by atoms with Crippen LogP contribution in [0.15, 0.2) is 48.5 Å². The van der Waals surface area contributed by atoms with Crippen LogP contribution < -0.4 is 109 Å². The topological polar surface area (TPSA) is 716 Å². The fourth-order valence-corrected chi connectivity index (χ4v) is 10.7. The molecule has 2 aromatic carbocycles. The van der Waals surface area contributed by atoms with E-state index in [1.54, 1.807) is 0 Å². The van der Waals surface area contributed by atoms with Crippen molar-refractivity contribution in [3.8, 4) is 11.5 Å². The number of carbonyl (C=O) groups excluding carboxylic acids is 16. The lowest BCUT2D eigenvalue weighted by molar-refractivity contribution is -0.143. The molecule has 2 rings (SSSR count). The molecule has 0 unspecified atom stereocenters. The van der Waals surface area contributed by atoms with Gasteiger partial charge in [0.1, 0.15) is 78.0 Å². The van der Waals surface area contributed by atoms with Gasteiger partial charge < -0.3 is 134 Å². The third-order valence-corrected chi connectivity index (χ3v) is 17.1. The van der Waals surface area contributed by atoms with Gasteiger partial charge in [-0.1, -0.05) is 44.5 Å². The molecule has 0 aliphatic rings. The number of nitrogens with two attached hydrogens (primary N) is 6. The minimum absolute atomic E-state index is 0.0630. The summed E-state index contributed by atoms with van der Waals surface area (Å²) in [5.74, 6) is -20.1. The van der Waals surface area contributed by atoms with E-state index in [1.165, 1.54) is 62.4 Å². The van der Waals surface area contributed by atoms with Crippen LogP contribution in [-0.4, -0.2) is 263 Å². The van der Waals surface area contributed by atoms with Gasteiger partial charge in [0.2, 0.25) is 94.5 Å². The van der Waals surface area contributed by atoms with Gasteiger partial charge in [-0.15, -0.1) is 0 Å². The number of aliphatic carboxylic acids is 1. The largest absolute Gasteiger partial charge is 0.508 e. The molecular formula is C67H106N20O22S2. The second-order valence-electron chi connectivity index (χ2n) is 25.8. The van der Waals surface area contributed by atoms with Crippen molar-refractivity contribution >= 4 is 126 Å². The van der Waals surface area contributed by atoms with Gasteiger partial charge in [0, 0.05) is 24.3 Å². The first-order valence-corrected chi connectivity index (χ1v) is 36.6. The summed E-state index contributed by atoms with van der Waals surface area (Å²) >= 11 is 8.12. The molecule has 12 atom stereocenters. The smallest absolute Gasteiger partial charge is 0.328 e. The normalized spacial score (nSPS) is 14.2. The number of phenols is 2. The van der Waals surface area contributed by atoms with Gasteiger partial charge in [-0.25, -0.2) is 4.79 Å². The molecule has 0 heterocycles. The highest BCUT2D eigenvalue weighted by molar-refractivity contribution is 7.80. The summed E-state index contributed by atoms with van der Waals surface area (Å²) in [5.41, 5.74) is 34.8. The molecule has 0 saturated heterocycles. The van der Waals surface area contributed by atoms with Crippen LogP contribution in [0.3, 0.4) is 0 Å². The van der Waals surface area contributed by atoms with Gasteiger partial charge in [0.05, 0.1) is 51.7 Å². The van der Waals surface area contributed by atoms with E-state index >= 15 is 0 Å². The Kier molecular flexibility index (Phi) is 45.1. The molecule has 2 aromatic rings. The van der Waals surface area contributed by atoms with Crippen molar-refractivity contribution in [2.24, 2.45) is 40.3 Å². The van der Waals surface area contributed by atoms with Crippen LogP contribution >= 0.6 is 25.3 Å². The fourth-order valence-electron chi connectivity index (χ4n) is 10.2. The standard InChI is InChI=1S/C67H106N20O22S2/c1-34(2)55(87-54(96)29-76-59(100)44(25-50(72)92)77-52(94)27-75-58(99)42(23-35-12-16-37(90)17-13-35)82-61(102)43(24-36-14-18-38(91)19-15-36)81-56(97)39(71)9-3-6-20-68)66(107)84-46(30-88)63(104)86-49(33-111)65(106)83-45(26-51(73)93)62(103)80-41(11-5-8-22-70)60(101)79-40(10-4-7-21-69)57(98)74-28-53(95)78-48(32-110)64(105)85-47(31-89)67(108)109/h12-19,34,39-49,55,88-91,110-111H,3-11,20-33,68-71H2,1-2H3,(H2,72,92)(H2,73,93)(H,74,98)(H,75,99)(H,76,100)(H,77,94)(H,78,95)(H,79,101)(H,80,103)(H,81,97)(H,82,102)(H,83,106)(H,84,107)(H,85,105)(H,86,104)(H,87,96)(H,108,109)/t39-,40-,41-,42-,43-,44-,45-,46-,47-,48-,49-,55-/m0/s1. The third kappa shape index (κ3) is 37.2. The van der Waals surface area contributed by atoms with Crippen molar-refractivity contribution in [2.75, 3.05) is 64.0 Å². The number of aliphatic hydroxyl groups excluding tert-OH is 2. The highest BCUT2D eigenvalue weighted by atomic mass is 32.1.